The molecule has 1 heterocycles. The minimum absolute atomic E-state index is 0.0154. The monoisotopic (exact) mass is 488 g/mol. The summed E-state index contributed by atoms with van der Waals surface area (Å²) in [5, 5.41) is 11.2. The summed E-state index contributed by atoms with van der Waals surface area (Å²) in [6, 6.07) is 17.5. The molecule has 7 heteroatoms. The van der Waals surface area contributed by atoms with Crippen molar-refractivity contribution in [3.63, 3.8) is 0 Å². The van der Waals surface area contributed by atoms with Crippen LogP contribution in [0.15, 0.2) is 72.3 Å². The minimum atomic E-state index is -0.881. The predicted octanol–water partition coefficient (Wildman–Crippen LogP) is 5.61. The number of carbonyl (C=O) groups is 2. The standard InChI is InChI=1S/C29H29FN2O4/c1-17(2)36-23-13-6-19(7-14-23)26-25(27(33)20-8-15-24(30)18(3)16-20)28(34)29(35)32(26)22-11-9-21(10-12-22)31(4)5/h6-17,26,33H,1-5H3/b27-25-. The van der Waals surface area contributed by atoms with Crippen molar-refractivity contribution >= 4 is 28.8 Å². The van der Waals surface area contributed by atoms with Gasteiger partial charge in [-0.05, 0) is 86.5 Å². The first-order valence-corrected chi connectivity index (χ1v) is 11.7. The molecule has 3 aromatic rings. The van der Waals surface area contributed by atoms with E-state index >= 15 is 0 Å². The van der Waals surface area contributed by atoms with Crippen LogP contribution in [0.5, 0.6) is 5.75 Å². The molecule has 1 N–H and O–H groups in total. The van der Waals surface area contributed by atoms with Gasteiger partial charge >= 0.3 is 0 Å². The Morgan fingerprint density at radius 1 is 1.00 bits per heavy atom. The van der Waals surface area contributed by atoms with Crippen LogP contribution in [0, 0.1) is 12.7 Å². The SMILES string of the molecule is Cc1cc(/C(O)=C2/C(=O)C(=O)N(c3ccc(N(C)C)cc3)C2c2ccc(OC(C)C)cc2)ccc1F. The number of amides is 1. The Morgan fingerprint density at radius 2 is 1.64 bits per heavy atom. The van der Waals surface area contributed by atoms with Gasteiger partial charge in [-0.1, -0.05) is 12.1 Å². The van der Waals surface area contributed by atoms with Gasteiger partial charge in [0.15, 0.2) is 0 Å². The Kier molecular flexibility index (Phi) is 6.84. The van der Waals surface area contributed by atoms with Crippen molar-refractivity contribution in [3.05, 3.63) is 94.8 Å². The smallest absolute Gasteiger partial charge is 0.300 e. The first kappa shape index (κ1) is 25.0. The largest absolute Gasteiger partial charge is 0.507 e. The number of hydrogen-bond acceptors (Lipinski definition) is 5. The van der Waals surface area contributed by atoms with Gasteiger partial charge < -0.3 is 14.7 Å². The maximum absolute atomic E-state index is 13.9. The molecule has 1 fully saturated rings. The summed E-state index contributed by atoms with van der Waals surface area (Å²) in [6.45, 7) is 5.41. The van der Waals surface area contributed by atoms with E-state index < -0.39 is 23.5 Å². The molecule has 186 valence electrons. The van der Waals surface area contributed by atoms with Gasteiger partial charge in [-0.25, -0.2) is 4.39 Å². The first-order valence-electron chi connectivity index (χ1n) is 11.7. The zero-order valence-electron chi connectivity index (χ0n) is 20.9. The second-order valence-electron chi connectivity index (χ2n) is 9.28. The molecule has 1 saturated heterocycles. The highest BCUT2D eigenvalue weighted by atomic mass is 19.1. The molecule has 0 aliphatic carbocycles. The maximum Gasteiger partial charge on any atom is 0.300 e. The summed E-state index contributed by atoms with van der Waals surface area (Å²) in [6.07, 6.45) is -0.0154. The highest BCUT2D eigenvalue weighted by Crippen LogP contribution is 2.43. The van der Waals surface area contributed by atoms with Crippen LogP contribution in [0.4, 0.5) is 15.8 Å². The van der Waals surface area contributed by atoms with Crippen LogP contribution >= 0.6 is 0 Å². The molecule has 3 aromatic carbocycles. The van der Waals surface area contributed by atoms with E-state index in [4.69, 9.17) is 4.74 Å². The molecule has 0 aromatic heterocycles. The van der Waals surface area contributed by atoms with Gasteiger partial charge in [0.1, 0.15) is 17.3 Å². The lowest BCUT2D eigenvalue weighted by atomic mass is 9.94. The second kappa shape index (κ2) is 9.85. The second-order valence-corrected chi connectivity index (χ2v) is 9.28. The maximum atomic E-state index is 13.9. The van der Waals surface area contributed by atoms with E-state index in [1.54, 1.807) is 43.3 Å². The van der Waals surface area contributed by atoms with Crippen LogP contribution in [0.1, 0.15) is 36.6 Å². The molecule has 0 radical (unpaired) electrons. The third kappa shape index (κ3) is 4.69. The van der Waals surface area contributed by atoms with Gasteiger partial charge in [0, 0.05) is 31.0 Å². The third-order valence-electron chi connectivity index (χ3n) is 6.09. The molecule has 36 heavy (non-hydrogen) atoms. The minimum Gasteiger partial charge on any atom is -0.507 e. The van der Waals surface area contributed by atoms with Crippen LogP contribution in [0.3, 0.4) is 0 Å². The normalized spacial score (nSPS) is 17.1. The number of halogens is 1. The van der Waals surface area contributed by atoms with Crippen molar-refractivity contribution in [2.24, 2.45) is 0 Å². The molecule has 4 rings (SSSR count). The number of Topliss-reactive ketones (excluding diaryl/α,β-unsaturated/α-hetero) is 1. The topological polar surface area (TPSA) is 70.1 Å². The molecule has 1 aliphatic heterocycles. The van der Waals surface area contributed by atoms with Gasteiger partial charge in [-0.2, -0.15) is 0 Å². The molecular weight excluding hydrogens is 459 g/mol. The molecule has 0 spiro atoms. The average Bonchev–Trinajstić information content (AvgIpc) is 3.11. The van der Waals surface area contributed by atoms with Crippen LogP contribution in [-0.2, 0) is 9.59 Å². The lowest BCUT2D eigenvalue weighted by Crippen LogP contribution is -2.29. The number of nitrogens with zero attached hydrogens (tertiary/aromatic N) is 2. The number of anilines is 2. The molecule has 6 nitrogen and oxygen atoms in total. The molecule has 1 atom stereocenters. The van der Waals surface area contributed by atoms with Gasteiger partial charge in [0.25, 0.3) is 11.7 Å². The van der Waals surface area contributed by atoms with E-state index in [0.29, 0.717) is 22.6 Å². The number of aliphatic hydroxyl groups is 1. The molecule has 0 saturated carbocycles. The van der Waals surface area contributed by atoms with E-state index in [-0.39, 0.29) is 23.0 Å². The molecular formula is C29H29FN2O4. The summed E-state index contributed by atoms with van der Waals surface area (Å²) in [4.78, 5) is 30.0. The fraction of sp³-hybridized carbons (Fsp3) is 0.241. The Morgan fingerprint density at radius 3 is 2.19 bits per heavy atom. The number of hydrogen-bond donors (Lipinski definition) is 1. The van der Waals surface area contributed by atoms with Gasteiger partial charge in [0.2, 0.25) is 0 Å². The summed E-state index contributed by atoms with van der Waals surface area (Å²) >= 11 is 0. The summed E-state index contributed by atoms with van der Waals surface area (Å²) in [5.41, 5.74) is 2.61. The van der Waals surface area contributed by atoms with Crippen molar-refractivity contribution in [2.45, 2.75) is 32.9 Å². The van der Waals surface area contributed by atoms with Crippen molar-refractivity contribution in [3.8, 4) is 5.75 Å². The molecule has 1 unspecified atom stereocenters. The van der Waals surface area contributed by atoms with Gasteiger partial charge in [-0.3, -0.25) is 14.5 Å². The van der Waals surface area contributed by atoms with E-state index in [0.717, 1.165) is 5.69 Å². The summed E-state index contributed by atoms with van der Waals surface area (Å²) in [5.74, 6) is -1.68. The quantitative estimate of drug-likeness (QED) is 0.277. The number of ether oxygens (including phenoxy) is 1. The molecule has 1 aliphatic rings. The zero-order valence-corrected chi connectivity index (χ0v) is 20.9. The Bertz CT molecular complexity index is 1330. The van der Waals surface area contributed by atoms with Crippen LogP contribution in [-0.4, -0.2) is 37.0 Å². The van der Waals surface area contributed by atoms with E-state index in [2.05, 4.69) is 0 Å². The van der Waals surface area contributed by atoms with Crippen molar-refractivity contribution in [1.82, 2.24) is 0 Å². The highest BCUT2D eigenvalue weighted by Gasteiger charge is 2.47. The average molecular weight is 489 g/mol. The number of rotatable bonds is 6. The first-order chi connectivity index (χ1) is 17.1. The highest BCUT2D eigenvalue weighted by molar-refractivity contribution is 6.51. The van der Waals surface area contributed by atoms with Crippen molar-refractivity contribution in [1.29, 1.82) is 0 Å². The van der Waals surface area contributed by atoms with Gasteiger partial charge in [0.05, 0.1) is 17.7 Å². The van der Waals surface area contributed by atoms with Crippen molar-refractivity contribution < 1.29 is 23.8 Å². The fourth-order valence-corrected chi connectivity index (χ4v) is 4.27. The lowest BCUT2D eigenvalue weighted by Gasteiger charge is -2.26. The molecule has 1 amide bonds. The number of benzene rings is 3. The van der Waals surface area contributed by atoms with E-state index in [9.17, 15) is 19.1 Å². The number of ketones is 1. The fourth-order valence-electron chi connectivity index (χ4n) is 4.27. The van der Waals surface area contributed by atoms with Crippen molar-refractivity contribution in [2.75, 3.05) is 23.9 Å². The van der Waals surface area contributed by atoms with Crippen LogP contribution in [0.25, 0.3) is 5.76 Å². The number of aryl methyl sites for hydroxylation is 1. The number of carbonyl (C=O) groups excluding carboxylic acids is 2. The zero-order chi connectivity index (χ0) is 26.1. The Balaban J connectivity index is 1.88. The molecule has 0 bridgehead atoms. The van der Waals surface area contributed by atoms with Gasteiger partial charge in [-0.15, -0.1) is 0 Å². The summed E-state index contributed by atoms with van der Waals surface area (Å²) in [7, 11) is 3.82. The predicted molar refractivity (Wildman–Crippen MR) is 139 cm³/mol. The third-order valence-corrected chi connectivity index (χ3v) is 6.09. The number of aliphatic hydroxyl groups excluding tert-OH is 1. The summed E-state index contributed by atoms with van der Waals surface area (Å²) < 4.78 is 19.6. The van der Waals surface area contributed by atoms with E-state index in [1.165, 1.54) is 23.1 Å². The van der Waals surface area contributed by atoms with Crippen LogP contribution < -0.4 is 14.5 Å². The lowest BCUT2D eigenvalue weighted by molar-refractivity contribution is -0.132. The van der Waals surface area contributed by atoms with Crippen LogP contribution in [0.2, 0.25) is 0 Å². The van der Waals surface area contributed by atoms with E-state index in [1.807, 2.05) is 45.0 Å². The Hall–Kier alpha value is -4.13. The Labute approximate surface area is 210 Å².